The maximum Gasteiger partial charge on any atom is 0.0602 e. The molecular formula is C17H28N2. The minimum atomic E-state index is 0.749. The average Bonchev–Trinajstić information content (AvgIpc) is 2.47. The zero-order valence-electron chi connectivity index (χ0n) is 12.5. The first-order valence-electron chi connectivity index (χ1n) is 7.89. The second kappa shape index (κ2) is 7.42. The number of para-hydroxylation sites is 2. The highest BCUT2D eigenvalue weighted by atomic mass is 15.1. The molecule has 0 saturated carbocycles. The average molecular weight is 260 g/mol. The monoisotopic (exact) mass is 260 g/mol. The maximum absolute atomic E-state index is 3.65. The largest absolute Gasteiger partial charge is 0.383 e. The van der Waals surface area contributed by atoms with Crippen LogP contribution in [-0.4, -0.2) is 19.6 Å². The molecule has 1 aliphatic heterocycles. The van der Waals surface area contributed by atoms with E-state index in [1.165, 1.54) is 56.6 Å². The van der Waals surface area contributed by atoms with E-state index in [1.807, 2.05) is 0 Å². The molecule has 1 aliphatic rings. The zero-order chi connectivity index (χ0) is 13.5. The SMILES string of the molecule is CCCC(C)CNc1ccccc1N1CCCCC1. The third kappa shape index (κ3) is 4.15. The fourth-order valence-electron chi connectivity index (χ4n) is 2.91. The second-order valence-electron chi connectivity index (χ2n) is 5.84. The maximum atomic E-state index is 3.65. The Morgan fingerprint density at radius 3 is 2.63 bits per heavy atom. The van der Waals surface area contributed by atoms with Gasteiger partial charge in [0.1, 0.15) is 0 Å². The first-order chi connectivity index (χ1) is 9.31. The zero-order valence-corrected chi connectivity index (χ0v) is 12.5. The van der Waals surface area contributed by atoms with Crippen molar-refractivity contribution in [2.75, 3.05) is 29.9 Å². The molecule has 1 heterocycles. The molecular weight excluding hydrogens is 232 g/mol. The number of benzene rings is 1. The number of nitrogens with one attached hydrogen (secondary N) is 1. The summed E-state index contributed by atoms with van der Waals surface area (Å²) in [5.41, 5.74) is 2.71. The number of nitrogens with zero attached hydrogens (tertiary/aromatic N) is 1. The Balaban J connectivity index is 1.99. The van der Waals surface area contributed by atoms with Crippen molar-refractivity contribution in [3.63, 3.8) is 0 Å². The highest BCUT2D eigenvalue weighted by Crippen LogP contribution is 2.28. The van der Waals surface area contributed by atoms with Gasteiger partial charge < -0.3 is 10.2 Å². The molecule has 106 valence electrons. The van der Waals surface area contributed by atoms with Gasteiger partial charge in [-0.25, -0.2) is 0 Å². The first kappa shape index (κ1) is 14.2. The lowest BCUT2D eigenvalue weighted by atomic mass is 10.1. The van der Waals surface area contributed by atoms with Crippen molar-refractivity contribution in [3.8, 4) is 0 Å². The predicted octanol–water partition coefficient (Wildman–Crippen LogP) is 4.53. The van der Waals surface area contributed by atoms with Crippen molar-refractivity contribution < 1.29 is 0 Å². The molecule has 2 nitrogen and oxygen atoms in total. The summed E-state index contributed by atoms with van der Waals surface area (Å²) in [6, 6.07) is 8.78. The third-order valence-electron chi connectivity index (χ3n) is 4.02. The van der Waals surface area contributed by atoms with Gasteiger partial charge in [0.15, 0.2) is 0 Å². The summed E-state index contributed by atoms with van der Waals surface area (Å²) >= 11 is 0. The standard InChI is InChI=1S/C17H28N2/c1-3-9-15(2)14-18-16-10-5-6-11-17(16)19-12-7-4-8-13-19/h5-6,10-11,15,18H,3-4,7-9,12-14H2,1-2H3. The van der Waals surface area contributed by atoms with Gasteiger partial charge in [-0.15, -0.1) is 0 Å². The number of piperidine rings is 1. The van der Waals surface area contributed by atoms with Crippen LogP contribution in [-0.2, 0) is 0 Å². The van der Waals surface area contributed by atoms with E-state index in [0.29, 0.717) is 0 Å². The third-order valence-corrected chi connectivity index (χ3v) is 4.02. The van der Waals surface area contributed by atoms with Crippen LogP contribution in [0.2, 0.25) is 0 Å². The van der Waals surface area contributed by atoms with Gasteiger partial charge in [-0.3, -0.25) is 0 Å². The van der Waals surface area contributed by atoms with Crippen LogP contribution >= 0.6 is 0 Å². The van der Waals surface area contributed by atoms with Gasteiger partial charge in [0.05, 0.1) is 11.4 Å². The van der Waals surface area contributed by atoms with E-state index in [2.05, 4.69) is 48.3 Å². The van der Waals surface area contributed by atoms with Crippen molar-refractivity contribution in [1.82, 2.24) is 0 Å². The molecule has 0 bridgehead atoms. The van der Waals surface area contributed by atoms with Crippen LogP contribution in [0.4, 0.5) is 11.4 Å². The van der Waals surface area contributed by atoms with E-state index in [9.17, 15) is 0 Å². The molecule has 0 aromatic heterocycles. The van der Waals surface area contributed by atoms with Crippen LogP contribution in [0.25, 0.3) is 0 Å². The molecule has 2 heteroatoms. The molecule has 1 aromatic rings. The van der Waals surface area contributed by atoms with Gasteiger partial charge >= 0.3 is 0 Å². The van der Waals surface area contributed by atoms with Crippen LogP contribution in [0, 0.1) is 5.92 Å². The Morgan fingerprint density at radius 2 is 1.89 bits per heavy atom. The van der Waals surface area contributed by atoms with Gasteiger partial charge in [-0.1, -0.05) is 32.4 Å². The van der Waals surface area contributed by atoms with Crippen molar-refractivity contribution in [3.05, 3.63) is 24.3 Å². The van der Waals surface area contributed by atoms with Gasteiger partial charge in [0.2, 0.25) is 0 Å². The lowest BCUT2D eigenvalue weighted by Crippen LogP contribution is -2.30. The summed E-state index contributed by atoms with van der Waals surface area (Å²) in [6.07, 6.45) is 6.64. The Bertz CT molecular complexity index is 369. The summed E-state index contributed by atoms with van der Waals surface area (Å²) in [5.74, 6) is 0.749. The fourth-order valence-corrected chi connectivity index (χ4v) is 2.91. The summed E-state index contributed by atoms with van der Waals surface area (Å²) < 4.78 is 0. The normalized spacial score (nSPS) is 17.3. The lowest BCUT2D eigenvalue weighted by Gasteiger charge is -2.31. The summed E-state index contributed by atoms with van der Waals surface area (Å²) in [5, 5.41) is 3.65. The number of anilines is 2. The molecule has 1 N–H and O–H groups in total. The van der Waals surface area contributed by atoms with Crippen LogP contribution < -0.4 is 10.2 Å². The Hall–Kier alpha value is -1.18. The molecule has 0 aliphatic carbocycles. The summed E-state index contributed by atoms with van der Waals surface area (Å²) in [6.45, 7) is 8.10. The highest BCUT2D eigenvalue weighted by molar-refractivity contribution is 5.70. The van der Waals surface area contributed by atoms with Crippen molar-refractivity contribution in [2.45, 2.75) is 46.0 Å². The van der Waals surface area contributed by atoms with Gasteiger partial charge in [-0.2, -0.15) is 0 Å². The van der Waals surface area contributed by atoms with Crippen LogP contribution in [0.15, 0.2) is 24.3 Å². The molecule has 19 heavy (non-hydrogen) atoms. The Kier molecular flexibility index (Phi) is 5.56. The van der Waals surface area contributed by atoms with Crippen molar-refractivity contribution >= 4 is 11.4 Å². The molecule has 1 unspecified atom stereocenters. The van der Waals surface area contributed by atoms with E-state index in [0.717, 1.165) is 12.5 Å². The van der Waals surface area contributed by atoms with Crippen LogP contribution in [0.5, 0.6) is 0 Å². The van der Waals surface area contributed by atoms with E-state index >= 15 is 0 Å². The smallest absolute Gasteiger partial charge is 0.0602 e. The minimum Gasteiger partial charge on any atom is -0.383 e. The van der Waals surface area contributed by atoms with Crippen LogP contribution in [0.3, 0.4) is 0 Å². The second-order valence-corrected chi connectivity index (χ2v) is 5.84. The van der Waals surface area contributed by atoms with E-state index in [1.54, 1.807) is 0 Å². The highest BCUT2D eigenvalue weighted by Gasteiger charge is 2.14. The van der Waals surface area contributed by atoms with Crippen molar-refractivity contribution in [1.29, 1.82) is 0 Å². The van der Waals surface area contributed by atoms with E-state index in [4.69, 9.17) is 0 Å². The molecule has 2 rings (SSSR count). The fraction of sp³-hybridized carbons (Fsp3) is 0.647. The number of hydrogen-bond acceptors (Lipinski definition) is 2. The molecule has 1 aromatic carbocycles. The lowest BCUT2D eigenvalue weighted by molar-refractivity contribution is 0.550. The molecule has 0 amide bonds. The molecule has 0 radical (unpaired) electrons. The summed E-state index contributed by atoms with van der Waals surface area (Å²) in [4.78, 5) is 2.54. The van der Waals surface area contributed by atoms with E-state index < -0.39 is 0 Å². The molecule has 1 saturated heterocycles. The topological polar surface area (TPSA) is 15.3 Å². The molecule has 0 spiro atoms. The predicted molar refractivity (Wildman–Crippen MR) is 85.1 cm³/mol. The van der Waals surface area contributed by atoms with Crippen molar-refractivity contribution in [2.24, 2.45) is 5.92 Å². The number of rotatable bonds is 6. The van der Waals surface area contributed by atoms with E-state index in [-0.39, 0.29) is 0 Å². The molecule has 1 atom stereocenters. The summed E-state index contributed by atoms with van der Waals surface area (Å²) in [7, 11) is 0. The van der Waals surface area contributed by atoms with Gasteiger partial charge in [0, 0.05) is 19.6 Å². The van der Waals surface area contributed by atoms with Gasteiger partial charge in [-0.05, 0) is 43.7 Å². The quantitative estimate of drug-likeness (QED) is 0.808. The number of hydrogen-bond donors (Lipinski definition) is 1. The minimum absolute atomic E-state index is 0.749. The first-order valence-corrected chi connectivity index (χ1v) is 7.89. The molecule has 1 fully saturated rings. The Morgan fingerprint density at radius 1 is 1.16 bits per heavy atom. The Labute approximate surface area is 118 Å². The van der Waals surface area contributed by atoms with Crippen LogP contribution in [0.1, 0.15) is 46.0 Å². The van der Waals surface area contributed by atoms with Gasteiger partial charge in [0.25, 0.3) is 0 Å².